The number of hydrogen-bond acceptors (Lipinski definition) is 6. The van der Waals surface area contributed by atoms with Gasteiger partial charge in [0.2, 0.25) is 5.88 Å². The van der Waals surface area contributed by atoms with Gasteiger partial charge in [0.05, 0.1) is 37.4 Å². The van der Waals surface area contributed by atoms with Crippen LogP contribution in [0.1, 0.15) is 10.4 Å². The van der Waals surface area contributed by atoms with Crippen LogP contribution in [0.3, 0.4) is 0 Å². The lowest BCUT2D eigenvalue weighted by Gasteiger charge is -2.13. The minimum Gasteiger partial charge on any atom is -0.495 e. The quantitative estimate of drug-likeness (QED) is 0.708. The fourth-order valence-corrected chi connectivity index (χ4v) is 2.34. The van der Waals surface area contributed by atoms with Crippen molar-refractivity contribution in [2.24, 2.45) is 0 Å². The zero-order valence-corrected chi connectivity index (χ0v) is 14.4. The molecule has 0 atom stereocenters. The van der Waals surface area contributed by atoms with E-state index in [4.69, 9.17) is 9.47 Å². The van der Waals surface area contributed by atoms with Crippen molar-refractivity contribution in [2.45, 2.75) is 0 Å². The summed E-state index contributed by atoms with van der Waals surface area (Å²) in [5.41, 5.74) is 1.67. The van der Waals surface area contributed by atoms with Gasteiger partial charge in [-0.1, -0.05) is 12.1 Å². The number of ether oxygens (including phenoxy) is 2. The van der Waals surface area contributed by atoms with Crippen LogP contribution in [0, 0.1) is 0 Å². The van der Waals surface area contributed by atoms with Crippen molar-refractivity contribution >= 4 is 23.1 Å². The molecule has 26 heavy (non-hydrogen) atoms. The molecular formula is C19H18N4O3. The lowest BCUT2D eigenvalue weighted by molar-refractivity contribution is 0.102. The third-order valence-electron chi connectivity index (χ3n) is 3.62. The number of aromatic nitrogens is 2. The molecule has 2 aromatic heterocycles. The summed E-state index contributed by atoms with van der Waals surface area (Å²) in [5, 5.41) is 5.94. The molecule has 2 heterocycles. The first kappa shape index (κ1) is 17.2. The van der Waals surface area contributed by atoms with E-state index >= 15 is 0 Å². The summed E-state index contributed by atoms with van der Waals surface area (Å²) in [5.74, 6) is 1.25. The van der Waals surface area contributed by atoms with Crippen molar-refractivity contribution < 1.29 is 14.3 Å². The number of pyridine rings is 2. The lowest BCUT2D eigenvalue weighted by Crippen LogP contribution is -2.15. The monoisotopic (exact) mass is 350 g/mol. The SMILES string of the molecule is COc1ccc(NC(=O)c2cccnc2Nc2ccccc2OC)cn1. The van der Waals surface area contributed by atoms with Gasteiger partial charge in [0.1, 0.15) is 11.6 Å². The smallest absolute Gasteiger partial charge is 0.259 e. The molecule has 0 radical (unpaired) electrons. The summed E-state index contributed by atoms with van der Waals surface area (Å²) in [6.45, 7) is 0. The van der Waals surface area contributed by atoms with Gasteiger partial charge >= 0.3 is 0 Å². The highest BCUT2D eigenvalue weighted by Gasteiger charge is 2.14. The molecule has 3 aromatic rings. The number of anilines is 3. The Morgan fingerprint density at radius 1 is 0.962 bits per heavy atom. The van der Waals surface area contributed by atoms with E-state index in [0.717, 1.165) is 0 Å². The Morgan fingerprint density at radius 2 is 1.81 bits per heavy atom. The molecule has 7 nitrogen and oxygen atoms in total. The molecule has 0 unspecified atom stereocenters. The van der Waals surface area contributed by atoms with E-state index in [2.05, 4.69) is 20.6 Å². The topological polar surface area (TPSA) is 85.4 Å². The number of amides is 1. The van der Waals surface area contributed by atoms with Crippen molar-refractivity contribution in [1.82, 2.24) is 9.97 Å². The number of benzene rings is 1. The van der Waals surface area contributed by atoms with E-state index in [1.54, 1.807) is 37.6 Å². The number of methoxy groups -OCH3 is 2. The molecule has 0 aliphatic heterocycles. The first-order valence-electron chi connectivity index (χ1n) is 7.87. The average Bonchev–Trinajstić information content (AvgIpc) is 2.69. The second-order valence-electron chi connectivity index (χ2n) is 5.27. The first-order chi connectivity index (χ1) is 12.7. The van der Waals surface area contributed by atoms with Crippen LogP contribution in [0.25, 0.3) is 0 Å². The molecule has 0 saturated heterocycles. The highest BCUT2D eigenvalue weighted by molar-refractivity contribution is 6.07. The summed E-state index contributed by atoms with van der Waals surface area (Å²) in [4.78, 5) is 21.0. The summed E-state index contributed by atoms with van der Waals surface area (Å²) in [6.07, 6.45) is 3.14. The van der Waals surface area contributed by atoms with Gasteiger partial charge in [-0.3, -0.25) is 4.79 Å². The van der Waals surface area contributed by atoms with Crippen LogP contribution in [-0.4, -0.2) is 30.1 Å². The average molecular weight is 350 g/mol. The minimum absolute atomic E-state index is 0.303. The van der Waals surface area contributed by atoms with Gasteiger partial charge in [0.15, 0.2) is 0 Å². The van der Waals surface area contributed by atoms with E-state index in [-0.39, 0.29) is 5.91 Å². The predicted octanol–water partition coefficient (Wildman–Crippen LogP) is 3.49. The second kappa shape index (κ2) is 7.98. The van der Waals surface area contributed by atoms with Gasteiger partial charge < -0.3 is 20.1 Å². The normalized spacial score (nSPS) is 10.1. The molecule has 0 aliphatic carbocycles. The number of rotatable bonds is 6. The number of carbonyl (C=O) groups is 1. The summed E-state index contributed by atoms with van der Waals surface area (Å²) < 4.78 is 10.3. The van der Waals surface area contributed by atoms with E-state index in [9.17, 15) is 4.79 Å². The predicted molar refractivity (Wildman–Crippen MR) is 99.3 cm³/mol. The third kappa shape index (κ3) is 3.89. The molecule has 0 fully saturated rings. The molecule has 0 bridgehead atoms. The Morgan fingerprint density at radius 3 is 2.54 bits per heavy atom. The first-order valence-corrected chi connectivity index (χ1v) is 7.87. The molecule has 132 valence electrons. The van der Waals surface area contributed by atoms with Crippen LogP contribution in [-0.2, 0) is 0 Å². The van der Waals surface area contributed by atoms with Crippen LogP contribution in [0.15, 0.2) is 60.9 Å². The Kier molecular flexibility index (Phi) is 5.28. The number of nitrogens with one attached hydrogen (secondary N) is 2. The standard InChI is InChI=1S/C19H18N4O3/c1-25-16-8-4-3-7-15(16)23-18-14(6-5-11-20-18)19(24)22-13-9-10-17(26-2)21-12-13/h3-12H,1-2H3,(H,20,23)(H,22,24). The van der Waals surface area contributed by atoms with Crippen molar-refractivity contribution in [3.8, 4) is 11.6 Å². The Balaban J connectivity index is 1.82. The second-order valence-corrected chi connectivity index (χ2v) is 5.27. The largest absolute Gasteiger partial charge is 0.495 e. The van der Waals surface area contributed by atoms with Crippen LogP contribution < -0.4 is 20.1 Å². The van der Waals surface area contributed by atoms with Gasteiger partial charge in [-0.25, -0.2) is 9.97 Å². The maximum Gasteiger partial charge on any atom is 0.259 e. The molecule has 1 aromatic carbocycles. The summed E-state index contributed by atoms with van der Waals surface area (Å²) in [7, 11) is 3.12. The lowest BCUT2D eigenvalue weighted by atomic mass is 10.2. The molecule has 0 saturated carbocycles. The zero-order valence-electron chi connectivity index (χ0n) is 14.4. The van der Waals surface area contributed by atoms with Gasteiger partial charge in [-0.05, 0) is 30.3 Å². The fraction of sp³-hybridized carbons (Fsp3) is 0.105. The Bertz CT molecular complexity index is 897. The van der Waals surface area contributed by atoms with Crippen LogP contribution in [0.4, 0.5) is 17.2 Å². The molecular weight excluding hydrogens is 332 g/mol. The highest BCUT2D eigenvalue weighted by Crippen LogP contribution is 2.27. The van der Waals surface area contributed by atoms with Gasteiger partial charge in [0, 0.05) is 12.3 Å². The van der Waals surface area contributed by atoms with E-state index in [0.29, 0.717) is 34.4 Å². The fourth-order valence-electron chi connectivity index (χ4n) is 2.34. The van der Waals surface area contributed by atoms with Crippen molar-refractivity contribution in [1.29, 1.82) is 0 Å². The summed E-state index contributed by atoms with van der Waals surface area (Å²) in [6, 6.07) is 14.2. The Hall–Kier alpha value is -3.61. The van der Waals surface area contributed by atoms with Crippen molar-refractivity contribution in [2.75, 3.05) is 24.9 Å². The number of nitrogens with zero attached hydrogens (tertiary/aromatic N) is 2. The van der Waals surface area contributed by atoms with Crippen LogP contribution in [0.5, 0.6) is 11.6 Å². The molecule has 7 heteroatoms. The minimum atomic E-state index is -0.303. The van der Waals surface area contributed by atoms with E-state index in [1.165, 1.54) is 13.3 Å². The van der Waals surface area contributed by atoms with Crippen molar-refractivity contribution in [3.63, 3.8) is 0 Å². The molecule has 3 rings (SSSR count). The van der Waals surface area contributed by atoms with Crippen LogP contribution in [0.2, 0.25) is 0 Å². The van der Waals surface area contributed by atoms with Gasteiger partial charge in [0.25, 0.3) is 5.91 Å². The third-order valence-corrected chi connectivity index (χ3v) is 3.62. The maximum absolute atomic E-state index is 12.7. The molecule has 2 N–H and O–H groups in total. The number of hydrogen-bond donors (Lipinski definition) is 2. The number of carbonyl (C=O) groups excluding carboxylic acids is 1. The van der Waals surface area contributed by atoms with Gasteiger partial charge in [-0.2, -0.15) is 0 Å². The molecule has 0 aliphatic rings. The van der Waals surface area contributed by atoms with Gasteiger partial charge in [-0.15, -0.1) is 0 Å². The zero-order chi connectivity index (χ0) is 18.4. The maximum atomic E-state index is 12.7. The van der Waals surface area contributed by atoms with E-state index in [1.807, 2.05) is 24.3 Å². The van der Waals surface area contributed by atoms with Crippen LogP contribution >= 0.6 is 0 Å². The van der Waals surface area contributed by atoms with Crippen molar-refractivity contribution in [3.05, 3.63) is 66.5 Å². The van der Waals surface area contributed by atoms with E-state index < -0.39 is 0 Å². The number of para-hydroxylation sites is 2. The summed E-state index contributed by atoms with van der Waals surface area (Å²) >= 11 is 0. The molecule has 1 amide bonds. The Labute approximate surface area is 151 Å². The molecule has 0 spiro atoms. The highest BCUT2D eigenvalue weighted by atomic mass is 16.5.